The molecule has 3 aromatic rings. The molecule has 7 heteroatoms. The van der Waals surface area contributed by atoms with Gasteiger partial charge < -0.3 is 15.4 Å². The van der Waals surface area contributed by atoms with Gasteiger partial charge in [-0.05, 0) is 31.2 Å². The third kappa shape index (κ3) is 1.71. The molecule has 0 unspecified atom stereocenters. The van der Waals surface area contributed by atoms with Gasteiger partial charge in [-0.3, -0.25) is 0 Å². The second kappa shape index (κ2) is 3.84. The van der Waals surface area contributed by atoms with Gasteiger partial charge in [0.05, 0.1) is 16.8 Å². The fourth-order valence-corrected chi connectivity index (χ4v) is 1.93. The second-order valence-corrected chi connectivity index (χ2v) is 4.14. The van der Waals surface area contributed by atoms with E-state index in [2.05, 4.69) is 10.3 Å². The van der Waals surface area contributed by atoms with Crippen molar-refractivity contribution in [3.05, 3.63) is 35.7 Å². The number of nitrogens with zero attached hydrogens (tertiary/aromatic N) is 3. The molecule has 2 aromatic heterocycles. The summed E-state index contributed by atoms with van der Waals surface area (Å²) in [6.07, 6.45) is 0. The summed E-state index contributed by atoms with van der Waals surface area (Å²) >= 11 is 0. The van der Waals surface area contributed by atoms with E-state index < -0.39 is 5.97 Å². The predicted octanol–water partition coefficient (Wildman–Crippen LogP) is 1.60. The number of aromatic nitrogens is 3. The van der Waals surface area contributed by atoms with E-state index in [0.717, 1.165) is 0 Å². The van der Waals surface area contributed by atoms with Crippen molar-refractivity contribution in [2.24, 2.45) is 0 Å². The van der Waals surface area contributed by atoms with Gasteiger partial charge in [-0.2, -0.15) is 5.10 Å². The summed E-state index contributed by atoms with van der Waals surface area (Å²) in [4.78, 5) is 11.2. The van der Waals surface area contributed by atoms with Crippen LogP contribution in [0.2, 0.25) is 0 Å². The average Bonchev–Trinajstić information content (AvgIpc) is 2.93. The highest BCUT2D eigenvalue weighted by Gasteiger charge is 2.15. The number of rotatable bonds is 2. The molecule has 19 heavy (non-hydrogen) atoms. The molecular formula is C12H10N4O3. The standard InChI is InChI=1S/C12H10N4O3/c1-6-4-9(12(17)18)16(14-6)7-2-3-10-8(5-7)11(13)15-19-10/h2-5H,1H3,(H2,13,15)(H,17,18). The van der Waals surface area contributed by atoms with Crippen LogP contribution in [0.5, 0.6) is 0 Å². The van der Waals surface area contributed by atoms with E-state index in [-0.39, 0.29) is 11.5 Å². The van der Waals surface area contributed by atoms with Gasteiger partial charge in [-0.1, -0.05) is 5.16 Å². The molecule has 0 bridgehead atoms. The summed E-state index contributed by atoms with van der Waals surface area (Å²) in [6, 6.07) is 6.58. The molecule has 7 nitrogen and oxygen atoms in total. The molecular weight excluding hydrogens is 248 g/mol. The molecule has 1 aromatic carbocycles. The number of aromatic carboxylic acids is 1. The summed E-state index contributed by atoms with van der Waals surface area (Å²) in [5.41, 5.74) is 7.52. The number of carboxylic acids is 1. The van der Waals surface area contributed by atoms with E-state index in [1.807, 2.05) is 0 Å². The van der Waals surface area contributed by atoms with Crippen molar-refractivity contribution in [3.63, 3.8) is 0 Å². The first kappa shape index (κ1) is 11.3. The lowest BCUT2D eigenvalue weighted by molar-refractivity contribution is 0.0687. The smallest absolute Gasteiger partial charge is 0.354 e. The van der Waals surface area contributed by atoms with Crippen molar-refractivity contribution in [3.8, 4) is 5.69 Å². The lowest BCUT2D eigenvalue weighted by Crippen LogP contribution is -2.07. The molecule has 0 spiro atoms. The van der Waals surface area contributed by atoms with Gasteiger partial charge in [0.25, 0.3) is 0 Å². The van der Waals surface area contributed by atoms with Gasteiger partial charge in [-0.25, -0.2) is 9.48 Å². The third-order valence-electron chi connectivity index (χ3n) is 2.78. The van der Waals surface area contributed by atoms with E-state index in [9.17, 15) is 4.79 Å². The molecule has 2 heterocycles. The van der Waals surface area contributed by atoms with Crippen LogP contribution in [0.15, 0.2) is 28.8 Å². The van der Waals surface area contributed by atoms with Gasteiger partial charge in [0.1, 0.15) is 0 Å². The maximum atomic E-state index is 11.2. The number of hydrogen-bond acceptors (Lipinski definition) is 5. The molecule has 0 radical (unpaired) electrons. The van der Waals surface area contributed by atoms with Crippen LogP contribution in [-0.2, 0) is 0 Å². The predicted molar refractivity (Wildman–Crippen MR) is 67.2 cm³/mol. The lowest BCUT2D eigenvalue weighted by Gasteiger charge is -2.04. The number of nitrogens with two attached hydrogens (primary N) is 1. The van der Waals surface area contributed by atoms with Crippen LogP contribution in [0, 0.1) is 6.92 Å². The SMILES string of the molecule is Cc1cc(C(=O)O)n(-c2ccc3onc(N)c3c2)n1. The number of hydrogen-bond donors (Lipinski definition) is 2. The molecule has 0 saturated carbocycles. The molecule has 96 valence electrons. The lowest BCUT2D eigenvalue weighted by atomic mass is 10.2. The Morgan fingerprint density at radius 2 is 2.21 bits per heavy atom. The minimum absolute atomic E-state index is 0.0897. The topological polar surface area (TPSA) is 107 Å². The summed E-state index contributed by atoms with van der Waals surface area (Å²) in [5.74, 6) is -0.781. The Morgan fingerprint density at radius 3 is 2.95 bits per heavy atom. The zero-order chi connectivity index (χ0) is 13.6. The van der Waals surface area contributed by atoms with E-state index in [1.165, 1.54) is 10.7 Å². The van der Waals surface area contributed by atoms with Crippen molar-refractivity contribution in [2.75, 3.05) is 5.73 Å². The summed E-state index contributed by atoms with van der Waals surface area (Å²) < 4.78 is 6.35. The van der Waals surface area contributed by atoms with Crippen LogP contribution < -0.4 is 5.73 Å². The molecule has 0 aliphatic carbocycles. The summed E-state index contributed by atoms with van der Waals surface area (Å²) in [6.45, 7) is 1.73. The minimum atomic E-state index is -1.04. The average molecular weight is 258 g/mol. The maximum Gasteiger partial charge on any atom is 0.354 e. The minimum Gasteiger partial charge on any atom is -0.477 e. The maximum absolute atomic E-state index is 11.2. The number of benzene rings is 1. The summed E-state index contributed by atoms with van der Waals surface area (Å²) in [5, 5.41) is 17.6. The number of carbonyl (C=O) groups is 1. The summed E-state index contributed by atoms with van der Waals surface area (Å²) in [7, 11) is 0. The Bertz CT molecular complexity index is 787. The van der Waals surface area contributed by atoms with E-state index in [4.69, 9.17) is 15.4 Å². The molecule has 3 rings (SSSR count). The van der Waals surface area contributed by atoms with Gasteiger partial charge in [0, 0.05) is 0 Å². The Morgan fingerprint density at radius 1 is 1.42 bits per heavy atom. The Kier molecular flexibility index (Phi) is 2.28. The fraction of sp³-hybridized carbons (Fsp3) is 0.0833. The molecule has 3 N–H and O–H groups in total. The van der Waals surface area contributed by atoms with E-state index >= 15 is 0 Å². The first-order chi connectivity index (χ1) is 9.06. The Balaban J connectivity index is 2.23. The largest absolute Gasteiger partial charge is 0.477 e. The van der Waals surface area contributed by atoms with Gasteiger partial charge >= 0.3 is 5.97 Å². The number of aryl methyl sites for hydroxylation is 1. The molecule has 0 aliphatic heterocycles. The zero-order valence-corrected chi connectivity index (χ0v) is 9.99. The first-order valence-electron chi connectivity index (χ1n) is 5.51. The van der Waals surface area contributed by atoms with Crippen LogP contribution >= 0.6 is 0 Å². The normalized spacial score (nSPS) is 11.0. The molecule has 0 aliphatic rings. The fourth-order valence-electron chi connectivity index (χ4n) is 1.93. The monoisotopic (exact) mass is 258 g/mol. The van der Waals surface area contributed by atoms with Crippen molar-refractivity contribution in [1.82, 2.24) is 14.9 Å². The molecule has 0 atom stereocenters. The van der Waals surface area contributed by atoms with E-state index in [0.29, 0.717) is 22.4 Å². The van der Waals surface area contributed by atoms with Crippen molar-refractivity contribution in [2.45, 2.75) is 6.92 Å². The Hall–Kier alpha value is -2.83. The number of nitrogen functional groups attached to an aromatic ring is 1. The van der Waals surface area contributed by atoms with Gasteiger partial charge in [0.2, 0.25) is 0 Å². The third-order valence-corrected chi connectivity index (χ3v) is 2.78. The highest BCUT2D eigenvalue weighted by Crippen LogP contribution is 2.24. The van der Waals surface area contributed by atoms with Crippen molar-refractivity contribution < 1.29 is 14.4 Å². The molecule has 0 saturated heterocycles. The second-order valence-electron chi connectivity index (χ2n) is 4.14. The van der Waals surface area contributed by atoms with Crippen molar-refractivity contribution >= 4 is 22.8 Å². The zero-order valence-electron chi connectivity index (χ0n) is 9.99. The van der Waals surface area contributed by atoms with Crippen LogP contribution in [0.1, 0.15) is 16.2 Å². The number of fused-ring (bicyclic) bond motifs is 1. The number of anilines is 1. The van der Waals surface area contributed by atoms with Crippen LogP contribution in [0.4, 0.5) is 5.82 Å². The highest BCUT2D eigenvalue weighted by molar-refractivity contribution is 5.90. The quantitative estimate of drug-likeness (QED) is 0.722. The Labute approximate surface area is 107 Å². The van der Waals surface area contributed by atoms with Gasteiger partial charge in [0.15, 0.2) is 17.1 Å². The number of carboxylic acid groups (broad SMARTS) is 1. The highest BCUT2D eigenvalue weighted by atomic mass is 16.5. The van der Waals surface area contributed by atoms with Crippen LogP contribution in [-0.4, -0.2) is 26.0 Å². The van der Waals surface area contributed by atoms with Crippen LogP contribution in [0.3, 0.4) is 0 Å². The van der Waals surface area contributed by atoms with Gasteiger partial charge in [-0.15, -0.1) is 0 Å². The molecule has 0 fully saturated rings. The van der Waals surface area contributed by atoms with E-state index in [1.54, 1.807) is 25.1 Å². The molecule has 0 amide bonds. The van der Waals surface area contributed by atoms with Crippen molar-refractivity contribution in [1.29, 1.82) is 0 Å². The first-order valence-corrected chi connectivity index (χ1v) is 5.51. The van der Waals surface area contributed by atoms with Crippen LogP contribution in [0.25, 0.3) is 16.7 Å².